The van der Waals surface area contributed by atoms with Gasteiger partial charge in [0, 0.05) is 27.2 Å². The van der Waals surface area contributed by atoms with Gasteiger partial charge >= 0.3 is 0 Å². The summed E-state index contributed by atoms with van der Waals surface area (Å²) in [6.45, 7) is 22.0. The van der Waals surface area contributed by atoms with Crippen molar-refractivity contribution in [1.29, 1.82) is 0 Å². The summed E-state index contributed by atoms with van der Waals surface area (Å²) in [5.41, 5.74) is 7.86. The highest BCUT2D eigenvalue weighted by atomic mass is 15.1. The number of aromatic nitrogens is 4. The first kappa shape index (κ1) is 34.2. The summed E-state index contributed by atoms with van der Waals surface area (Å²) in [6.07, 6.45) is 15.8. The van der Waals surface area contributed by atoms with Gasteiger partial charge in [-0.3, -0.25) is 0 Å². The number of nitrogens with zero attached hydrogens (tertiary/aromatic N) is 5. The van der Waals surface area contributed by atoms with E-state index in [9.17, 15) is 0 Å². The van der Waals surface area contributed by atoms with E-state index >= 15 is 0 Å². The average Bonchev–Trinajstić information content (AvgIpc) is 3.46. The number of benzene rings is 3. The molecule has 0 radical (unpaired) electrons. The third-order valence-corrected chi connectivity index (χ3v) is 15.7. The van der Waals surface area contributed by atoms with Crippen LogP contribution in [-0.4, -0.2) is 19.5 Å². The second-order valence-corrected chi connectivity index (χ2v) is 21.8. The van der Waals surface area contributed by atoms with Gasteiger partial charge in [0.2, 0.25) is 0 Å². The molecule has 8 aliphatic rings. The Morgan fingerprint density at radius 3 is 1.36 bits per heavy atom. The Morgan fingerprint density at radius 2 is 0.982 bits per heavy atom. The van der Waals surface area contributed by atoms with Gasteiger partial charge in [-0.2, -0.15) is 0 Å². The van der Waals surface area contributed by atoms with Crippen LogP contribution in [0.15, 0.2) is 54.6 Å². The van der Waals surface area contributed by atoms with Gasteiger partial charge in [-0.15, -0.1) is 0 Å². The van der Waals surface area contributed by atoms with Gasteiger partial charge in [-0.25, -0.2) is 19.8 Å². The largest absolute Gasteiger partial charge is 0.309 e. The molecule has 0 amide bonds. The summed E-state index contributed by atoms with van der Waals surface area (Å²) in [4.78, 5) is 21.1. The molecule has 0 unspecified atom stereocenters. The molecule has 5 nitrogen and oxygen atoms in total. The summed E-state index contributed by atoms with van der Waals surface area (Å²) in [5.74, 6) is 7.83. The first-order valence-electron chi connectivity index (χ1n) is 21.6. The fraction of sp³-hybridized carbons (Fsp3) is 0.560. The van der Waals surface area contributed by atoms with Crippen molar-refractivity contribution in [3.05, 3.63) is 88.8 Å². The molecule has 2 heterocycles. The molecule has 5 heteroatoms. The topological polar surface area (TPSA) is 48.0 Å². The third-order valence-electron chi connectivity index (χ3n) is 15.7. The summed E-state index contributed by atoms with van der Waals surface area (Å²) >= 11 is 0. The van der Waals surface area contributed by atoms with Crippen molar-refractivity contribution in [2.75, 3.05) is 0 Å². The lowest BCUT2D eigenvalue weighted by atomic mass is 9.49. The fourth-order valence-electron chi connectivity index (χ4n) is 13.9. The zero-order valence-electron chi connectivity index (χ0n) is 33.9. The zero-order valence-corrected chi connectivity index (χ0v) is 33.9. The lowest BCUT2D eigenvalue weighted by Gasteiger charge is -2.57. The Kier molecular flexibility index (Phi) is 7.17. The van der Waals surface area contributed by atoms with Gasteiger partial charge in [0.15, 0.2) is 11.5 Å². The van der Waals surface area contributed by atoms with Gasteiger partial charge in [-0.05, 0) is 171 Å². The van der Waals surface area contributed by atoms with E-state index in [1.165, 1.54) is 110 Å². The molecule has 8 bridgehead atoms. The highest BCUT2D eigenvalue weighted by Gasteiger charge is 2.56. The van der Waals surface area contributed by atoms with Gasteiger partial charge in [0.05, 0.1) is 23.3 Å². The minimum atomic E-state index is 0.0267. The second kappa shape index (κ2) is 11.5. The van der Waals surface area contributed by atoms with Crippen LogP contribution in [0.5, 0.6) is 0 Å². The van der Waals surface area contributed by atoms with Crippen molar-refractivity contribution in [3.63, 3.8) is 0 Å². The molecule has 0 atom stereocenters. The maximum atomic E-state index is 8.18. The Hall–Kier alpha value is -4.04. The Balaban J connectivity index is 1.16. The van der Waals surface area contributed by atoms with Crippen LogP contribution in [0.25, 0.3) is 43.7 Å². The molecule has 0 N–H and O–H groups in total. The minimum Gasteiger partial charge on any atom is -0.309 e. The Morgan fingerprint density at radius 1 is 0.564 bits per heavy atom. The second-order valence-electron chi connectivity index (χ2n) is 21.8. The maximum absolute atomic E-state index is 8.18. The molecule has 0 spiro atoms. The van der Waals surface area contributed by atoms with Crippen LogP contribution in [-0.2, 0) is 21.7 Å². The standard InChI is InChI=1S/C50H57N5/c1-47(2,3)35-8-11-41-38(20-35)39-21-36(48(4,5)6)9-12-42(39)55(41)43-13-10-37(51-7)22-40(43)44-52-45(49-23-29-14-30(24-49)16-31(15-29)25-49)54-46(53-44)50-26-32-17-33(27-50)19-34(18-32)28-50/h8-13,20-22,29-34H,14-19,23-28H2,1-6H3. The Bertz CT molecular complexity index is 2240. The number of fused-ring (bicyclic) bond motifs is 3. The summed E-state index contributed by atoms with van der Waals surface area (Å²) in [7, 11) is 0. The molecule has 55 heavy (non-hydrogen) atoms. The molecular formula is C50H57N5. The normalized spacial score (nSPS) is 32.2. The van der Waals surface area contributed by atoms with Crippen LogP contribution in [0.1, 0.15) is 141 Å². The molecule has 0 aliphatic heterocycles. The van der Waals surface area contributed by atoms with E-state index in [0.29, 0.717) is 5.69 Å². The number of rotatable bonds is 4. The van der Waals surface area contributed by atoms with Crippen LogP contribution in [0, 0.1) is 42.1 Å². The molecule has 0 saturated heterocycles. The smallest absolute Gasteiger partial charge is 0.188 e. The lowest BCUT2D eigenvalue weighted by molar-refractivity contribution is -0.0155. The minimum absolute atomic E-state index is 0.0267. The van der Waals surface area contributed by atoms with E-state index in [0.717, 1.165) is 64.2 Å². The van der Waals surface area contributed by atoms with Crippen molar-refractivity contribution >= 4 is 27.5 Å². The first-order chi connectivity index (χ1) is 26.3. The van der Waals surface area contributed by atoms with Crippen molar-refractivity contribution in [2.24, 2.45) is 35.5 Å². The van der Waals surface area contributed by atoms with Crippen LogP contribution < -0.4 is 0 Å². The molecule has 282 valence electrons. The van der Waals surface area contributed by atoms with Gasteiger partial charge in [0.1, 0.15) is 11.6 Å². The van der Waals surface area contributed by atoms with Crippen molar-refractivity contribution in [1.82, 2.24) is 19.5 Å². The van der Waals surface area contributed by atoms with Crippen LogP contribution >= 0.6 is 0 Å². The highest BCUT2D eigenvalue weighted by Crippen LogP contribution is 2.62. The van der Waals surface area contributed by atoms with Crippen molar-refractivity contribution < 1.29 is 0 Å². The van der Waals surface area contributed by atoms with E-state index in [1.807, 2.05) is 6.07 Å². The van der Waals surface area contributed by atoms with Crippen LogP contribution in [0.4, 0.5) is 5.69 Å². The molecule has 8 saturated carbocycles. The molecule has 3 aromatic carbocycles. The molecule has 13 rings (SSSR count). The van der Waals surface area contributed by atoms with E-state index in [4.69, 9.17) is 21.5 Å². The van der Waals surface area contributed by atoms with Crippen molar-refractivity contribution in [3.8, 4) is 17.1 Å². The van der Waals surface area contributed by atoms with Gasteiger partial charge in [-0.1, -0.05) is 59.7 Å². The summed E-state index contributed by atoms with van der Waals surface area (Å²) < 4.78 is 2.45. The maximum Gasteiger partial charge on any atom is 0.188 e. The predicted octanol–water partition coefficient (Wildman–Crippen LogP) is 12.7. The summed E-state index contributed by atoms with van der Waals surface area (Å²) in [5, 5.41) is 2.54. The number of hydrogen-bond donors (Lipinski definition) is 0. The highest BCUT2D eigenvalue weighted by molar-refractivity contribution is 6.10. The zero-order chi connectivity index (χ0) is 37.6. The Labute approximate surface area is 327 Å². The number of hydrogen-bond acceptors (Lipinski definition) is 3. The van der Waals surface area contributed by atoms with E-state index < -0.39 is 0 Å². The quantitative estimate of drug-likeness (QED) is 0.173. The summed E-state index contributed by atoms with van der Waals surface area (Å²) in [6, 6.07) is 20.4. The average molecular weight is 728 g/mol. The van der Waals surface area contributed by atoms with Crippen molar-refractivity contribution in [2.45, 2.75) is 140 Å². The fourth-order valence-corrected chi connectivity index (χ4v) is 13.9. The van der Waals surface area contributed by atoms with E-state index in [1.54, 1.807) is 0 Å². The predicted molar refractivity (Wildman–Crippen MR) is 223 cm³/mol. The van der Waals surface area contributed by atoms with Gasteiger partial charge in [0.25, 0.3) is 0 Å². The lowest BCUT2D eigenvalue weighted by Crippen LogP contribution is -2.51. The van der Waals surface area contributed by atoms with E-state index in [2.05, 4.69) is 99.5 Å². The molecular weight excluding hydrogens is 671 g/mol. The third kappa shape index (κ3) is 5.32. The first-order valence-corrected chi connectivity index (χ1v) is 21.6. The van der Waals surface area contributed by atoms with Crippen LogP contribution in [0.2, 0.25) is 0 Å². The molecule has 8 aliphatic carbocycles. The van der Waals surface area contributed by atoms with Gasteiger partial charge < -0.3 is 4.57 Å². The SMILES string of the molecule is [C-]#[N+]c1ccc(-n2c3ccc(C(C)(C)C)cc3c3cc(C(C)(C)C)ccc32)c(-c2nc(C34CC5CC(CC(C5)C3)C4)nc(C34CC5CC(CC(C5)C3)C4)n2)c1. The molecule has 5 aromatic rings. The molecule has 8 fully saturated rings. The monoisotopic (exact) mass is 727 g/mol. The van der Waals surface area contributed by atoms with Crippen LogP contribution in [0.3, 0.4) is 0 Å². The van der Waals surface area contributed by atoms with E-state index in [-0.39, 0.29) is 21.7 Å². The molecule has 2 aromatic heterocycles.